The van der Waals surface area contributed by atoms with E-state index < -0.39 is 5.97 Å². The highest BCUT2D eigenvalue weighted by Crippen LogP contribution is 2.73. The quantitative estimate of drug-likeness (QED) is 0.923. The van der Waals surface area contributed by atoms with Crippen LogP contribution in [-0.2, 0) is 0 Å². The maximum atomic E-state index is 11.2. The van der Waals surface area contributed by atoms with Gasteiger partial charge in [-0.1, -0.05) is 39.3 Å². The van der Waals surface area contributed by atoms with Crippen molar-refractivity contribution in [2.24, 2.45) is 10.8 Å². The Morgan fingerprint density at radius 3 is 2.40 bits per heavy atom. The number of halogens is 1. The van der Waals surface area contributed by atoms with Crippen molar-refractivity contribution < 1.29 is 9.90 Å². The van der Waals surface area contributed by atoms with Crippen molar-refractivity contribution in [1.29, 1.82) is 0 Å². The number of aromatic carboxylic acids is 1. The molecule has 2 aromatic heterocycles. The van der Waals surface area contributed by atoms with Crippen LogP contribution in [0.3, 0.4) is 0 Å². The van der Waals surface area contributed by atoms with Gasteiger partial charge in [0.2, 0.25) is 0 Å². The summed E-state index contributed by atoms with van der Waals surface area (Å²) < 4.78 is 1.72. The summed E-state index contributed by atoms with van der Waals surface area (Å²) in [7, 11) is 0. The maximum absolute atomic E-state index is 11.2. The van der Waals surface area contributed by atoms with Gasteiger partial charge in [0, 0.05) is 12.1 Å². The molecule has 20 heavy (non-hydrogen) atoms. The summed E-state index contributed by atoms with van der Waals surface area (Å²) in [4.78, 5) is 11.2. The zero-order chi connectivity index (χ0) is 14.9. The summed E-state index contributed by atoms with van der Waals surface area (Å²) in [6.45, 7) is 8.73. The van der Waals surface area contributed by atoms with E-state index in [-0.39, 0.29) is 22.3 Å². The zero-order valence-electron chi connectivity index (χ0n) is 11.8. The Morgan fingerprint density at radius 1 is 1.30 bits per heavy atom. The Labute approximate surface area is 121 Å². The van der Waals surface area contributed by atoms with E-state index in [1.807, 2.05) is 0 Å². The molecule has 3 rings (SSSR count). The molecule has 6 heteroatoms. The fourth-order valence-electron chi connectivity index (χ4n) is 3.13. The molecule has 0 saturated heterocycles. The number of nitrogens with zero attached hydrogens (tertiary/aromatic N) is 3. The van der Waals surface area contributed by atoms with E-state index in [4.69, 9.17) is 16.7 Å². The van der Waals surface area contributed by atoms with Crippen LogP contribution in [0.5, 0.6) is 0 Å². The molecule has 2 heterocycles. The van der Waals surface area contributed by atoms with Crippen molar-refractivity contribution in [3.05, 3.63) is 28.7 Å². The van der Waals surface area contributed by atoms with E-state index in [2.05, 4.69) is 37.9 Å². The number of carbonyl (C=O) groups is 1. The minimum Gasteiger partial charge on any atom is -0.478 e. The predicted molar refractivity (Wildman–Crippen MR) is 75.3 cm³/mol. The van der Waals surface area contributed by atoms with Crippen LogP contribution in [0.1, 0.15) is 49.8 Å². The average Bonchev–Trinajstić information content (AvgIpc) is 2.64. The van der Waals surface area contributed by atoms with Crippen molar-refractivity contribution in [2.75, 3.05) is 0 Å². The van der Waals surface area contributed by atoms with Gasteiger partial charge in [0.25, 0.3) is 0 Å². The number of hydrogen-bond acceptors (Lipinski definition) is 3. The first kappa shape index (κ1) is 13.4. The molecular formula is C14H16ClN3O2. The van der Waals surface area contributed by atoms with E-state index in [1.165, 1.54) is 6.07 Å². The normalized spacial score (nSPS) is 20.2. The lowest BCUT2D eigenvalue weighted by atomic mass is 10.0. The van der Waals surface area contributed by atoms with Crippen molar-refractivity contribution in [3.63, 3.8) is 0 Å². The Bertz CT molecular complexity index is 719. The predicted octanol–water partition coefficient (Wildman–Crippen LogP) is 3.23. The van der Waals surface area contributed by atoms with E-state index in [0.717, 1.165) is 5.82 Å². The minimum atomic E-state index is -1.01. The fourth-order valence-corrected chi connectivity index (χ4v) is 3.37. The first-order valence-corrected chi connectivity index (χ1v) is 6.83. The van der Waals surface area contributed by atoms with Crippen LogP contribution < -0.4 is 0 Å². The SMILES string of the molecule is CC1(C)C(c2nnc3c(Cl)cc(C(=O)O)cn23)C1(C)C. The molecule has 0 unspecified atom stereocenters. The number of rotatable bonds is 2. The van der Waals surface area contributed by atoms with Crippen LogP contribution in [0.2, 0.25) is 5.02 Å². The lowest BCUT2D eigenvalue weighted by Gasteiger charge is -2.04. The van der Waals surface area contributed by atoms with E-state index in [9.17, 15) is 4.79 Å². The monoisotopic (exact) mass is 293 g/mol. The molecule has 106 valence electrons. The third-order valence-corrected chi connectivity index (χ3v) is 5.29. The molecule has 1 aliphatic carbocycles. The standard InChI is InChI=1S/C14H16ClN3O2/c1-13(2)9(14(13,3)4)11-17-16-10-8(15)5-7(12(19)20)6-18(10)11/h5-6,9H,1-4H3,(H,19,20). The summed E-state index contributed by atoms with van der Waals surface area (Å²) >= 11 is 6.10. The Balaban J connectivity index is 2.22. The zero-order valence-corrected chi connectivity index (χ0v) is 12.6. The Kier molecular flexibility index (Phi) is 2.49. The van der Waals surface area contributed by atoms with Gasteiger partial charge in [-0.3, -0.25) is 4.40 Å². The van der Waals surface area contributed by atoms with Gasteiger partial charge in [-0.05, 0) is 16.9 Å². The highest BCUT2D eigenvalue weighted by Gasteiger charge is 2.67. The fraction of sp³-hybridized carbons (Fsp3) is 0.500. The van der Waals surface area contributed by atoms with Crippen LogP contribution >= 0.6 is 11.6 Å². The molecule has 0 amide bonds. The highest BCUT2D eigenvalue weighted by atomic mass is 35.5. The summed E-state index contributed by atoms with van der Waals surface area (Å²) in [5, 5.41) is 17.8. The molecule has 1 fully saturated rings. The third kappa shape index (κ3) is 1.53. The molecule has 0 bridgehead atoms. The first-order valence-electron chi connectivity index (χ1n) is 6.45. The number of fused-ring (bicyclic) bond motifs is 1. The molecular weight excluding hydrogens is 278 g/mol. The number of carboxylic acids is 1. The molecule has 0 atom stereocenters. The number of carboxylic acid groups (broad SMARTS) is 1. The summed E-state index contributed by atoms with van der Waals surface area (Å²) in [6.07, 6.45) is 1.54. The summed E-state index contributed by atoms with van der Waals surface area (Å²) in [5.74, 6) is -0.00659. The summed E-state index contributed by atoms with van der Waals surface area (Å²) in [6, 6.07) is 1.40. The molecule has 1 aliphatic rings. The number of aromatic nitrogens is 3. The van der Waals surface area contributed by atoms with Gasteiger partial charge >= 0.3 is 5.97 Å². The molecule has 5 nitrogen and oxygen atoms in total. The van der Waals surface area contributed by atoms with Crippen LogP contribution in [-0.4, -0.2) is 25.7 Å². The van der Waals surface area contributed by atoms with Gasteiger partial charge in [-0.15, -0.1) is 10.2 Å². The van der Waals surface area contributed by atoms with Gasteiger partial charge < -0.3 is 5.11 Å². The van der Waals surface area contributed by atoms with Gasteiger partial charge in [0.05, 0.1) is 10.6 Å². The lowest BCUT2D eigenvalue weighted by molar-refractivity contribution is 0.0696. The van der Waals surface area contributed by atoms with Crippen molar-refractivity contribution in [2.45, 2.75) is 33.6 Å². The van der Waals surface area contributed by atoms with Crippen LogP contribution in [0.25, 0.3) is 5.65 Å². The minimum absolute atomic E-state index is 0.0989. The van der Waals surface area contributed by atoms with Gasteiger partial charge in [-0.2, -0.15) is 0 Å². The van der Waals surface area contributed by atoms with Crippen LogP contribution in [0.4, 0.5) is 0 Å². The van der Waals surface area contributed by atoms with Gasteiger partial charge in [-0.25, -0.2) is 4.79 Å². The molecule has 0 spiro atoms. The van der Waals surface area contributed by atoms with Gasteiger partial charge in [0.1, 0.15) is 5.82 Å². The van der Waals surface area contributed by atoms with Crippen LogP contribution in [0.15, 0.2) is 12.3 Å². The first-order chi connectivity index (χ1) is 9.18. The largest absolute Gasteiger partial charge is 0.478 e. The van der Waals surface area contributed by atoms with Crippen LogP contribution in [0, 0.1) is 10.8 Å². The third-order valence-electron chi connectivity index (χ3n) is 5.01. The molecule has 1 saturated carbocycles. The molecule has 0 radical (unpaired) electrons. The molecule has 2 aromatic rings. The second-order valence-electron chi connectivity index (χ2n) is 6.51. The van der Waals surface area contributed by atoms with E-state index in [1.54, 1.807) is 10.6 Å². The second kappa shape index (κ2) is 3.73. The van der Waals surface area contributed by atoms with Gasteiger partial charge in [0.15, 0.2) is 5.65 Å². The smallest absolute Gasteiger partial charge is 0.337 e. The lowest BCUT2D eigenvalue weighted by Crippen LogP contribution is -2.03. The Morgan fingerprint density at radius 2 is 1.90 bits per heavy atom. The molecule has 0 aromatic carbocycles. The topological polar surface area (TPSA) is 67.5 Å². The van der Waals surface area contributed by atoms with Crippen molar-refractivity contribution in [3.8, 4) is 0 Å². The molecule has 0 aliphatic heterocycles. The number of pyridine rings is 1. The second-order valence-corrected chi connectivity index (χ2v) is 6.92. The average molecular weight is 294 g/mol. The van der Waals surface area contributed by atoms with Crippen molar-refractivity contribution >= 4 is 23.2 Å². The highest BCUT2D eigenvalue weighted by molar-refractivity contribution is 6.33. The maximum Gasteiger partial charge on any atom is 0.337 e. The Hall–Kier alpha value is -1.62. The van der Waals surface area contributed by atoms with E-state index >= 15 is 0 Å². The number of hydrogen-bond donors (Lipinski definition) is 1. The van der Waals surface area contributed by atoms with Crippen molar-refractivity contribution in [1.82, 2.24) is 14.6 Å². The summed E-state index contributed by atoms with van der Waals surface area (Å²) in [5.41, 5.74) is 0.841. The molecule has 1 N–H and O–H groups in total. The van der Waals surface area contributed by atoms with E-state index in [0.29, 0.717) is 10.7 Å².